The third-order valence-electron chi connectivity index (χ3n) is 9.78. The van der Waals surface area contributed by atoms with Gasteiger partial charge in [-0.3, -0.25) is 0 Å². The van der Waals surface area contributed by atoms with Gasteiger partial charge in [0.25, 0.3) is 0 Å². The molecule has 2 aromatic carbocycles. The van der Waals surface area contributed by atoms with E-state index in [-0.39, 0.29) is 23.4 Å². The number of methoxy groups -OCH3 is 1. The van der Waals surface area contributed by atoms with Gasteiger partial charge in [0.15, 0.2) is 6.04 Å². The van der Waals surface area contributed by atoms with E-state index in [1.807, 2.05) is 24.3 Å². The molecule has 5 atom stereocenters. The fourth-order valence-corrected chi connectivity index (χ4v) is 7.67. The molecule has 1 amide bonds. The summed E-state index contributed by atoms with van der Waals surface area (Å²) in [5, 5.41) is 2.87. The van der Waals surface area contributed by atoms with Gasteiger partial charge < -0.3 is 19.5 Å². The SMILES string of the molecule is COC(=O)[C@@H](NC(=O)OCC1c2ccccc2-c2ccccc21)[C@@]12C[C@H]3CC[C@]1(C)[C@@]3(C)CO2. The maximum absolute atomic E-state index is 13.1. The molecule has 4 bridgehead atoms. The van der Waals surface area contributed by atoms with Crippen LogP contribution in [-0.4, -0.2) is 44.0 Å². The van der Waals surface area contributed by atoms with Crippen molar-refractivity contribution in [2.45, 2.75) is 50.7 Å². The summed E-state index contributed by atoms with van der Waals surface area (Å²) in [6, 6.07) is 15.5. The van der Waals surface area contributed by atoms with Crippen LogP contribution in [0.25, 0.3) is 11.1 Å². The van der Waals surface area contributed by atoms with E-state index >= 15 is 0 Å². The molecule has 0 aromatic heterocycles. The van der Waals surface area contributed by atoms with Gasteiger partial charge in [-0.25, -0.2) is 9.59 Å². The molecule has 3 fully saturated rings. The fourth-order valence-electron chi connectivity index (χ4n) is 7.67. The van der Waals surface area contributed by atoms with Gasteiger partial charge in [-0.2, -0.15) is 0 Å². The van der Waals surface area contributed by atoms with Gasteiger partial charge in [-0.05, 0) is 47.4 Å². The van der Waals surface area contributed by atoms with Gasteiger partial charge in [0.05, 0.1) is 13.7 Å². The Kier molecular flexibility index (Phi) is 4.66. The molecule has 2 aromatic rings. The lowest BCUT2D eigenvalue weighted by Gasteiger charge is -2.45. The molecule has 6 rings (SSSR count). The molecular formula is C28H31NO5. The number of carbonyl (C=O) groups is 2. The lowest BCUT2D eigenvalue weighted by atomic mass is 9.64. The molecule has 0 unspecified atom stereocenters. The standard InChI is InChI=1S/C28H31NO5/c1-26-16-34-28(14-17(26)12-13-27(26,28)2)23(24(30)32-3)29-25(31)33-15-22-20-10-6-4-8-18(20)19-9-5-7-11-21(19)22/h4-11,17,22-23H,12-16H2,1-3H3,(H,29,31)/t17-,23-,26+,27-,28+/m1/s1. The van der Waals surface area contributed by atoms with E-state index in [1.54, 1.807) is 0 Å². The molecule has 6 heteroatoms. The van der Waals surface area contributed by atoms with Crippen LogP contribution in [0.1, 0.15) is 50.2 Å². The van der Waals surface area contributed by atoms with Crippen LogP contribution in [-0.2, 0) is 19.0 Å². The topological polar surface area (TPSA) is 73.9 Å². The number of nitrogens with one attached hydrogen (secondary N) is 1. The van der Waals surface area contributed by atoms with E-state index < -0.39 is 23.7 Å². The molecule has 1 heterocycles. The van der Waals surface area contributed by atoms with Crippen LogP contribution in [0.2, 0.25) is 0 Å². The number of fused-ring (bicyclic) bond motifs is 3. The van der Waals surface area contributed by atoms with Crippen molar-refractivity contribution in [3.05, 3.63) is 59.7 Å². The molecular weight excluding hydrogens is 430 g/mol. The highest BCUT2D eigenvalue weighted by molar-refractivity contribution is 5.84. The van der Waals surface area contributed by atoms with Crippen molar-refractivity contribution in [3.63, 3.8) is 0 Å². The number of alkyl carbamates (subject to hydrolysis) is 1. The first-order valence-corrected chi connectivity index (χ1v) is 12.2. The van der Waals surface area contributed by atoms with E-state index in [0.29, 0.717) is 12.5 Å². The summed E-state index contributed by atoms with van der Waals surface area (Å²) in [7, 11) is 1.36. The van der Waals surface area contributed by atoms with Crippen LogP contribution in [0.3, 0.4) is 0 Å². The number of hydrogen-bond donors (Lipinski definition) is 1. The van der Waals surface area contributed by atoms with Gasteiger partial charge in [-0.15, -0.1) is 0 Å². The highest BCUT2D eigenvalue weighted by Gasteiger charge is 2.79. The lowest BCUT2D eigenvalue weighted by Crippen LogP contribution is -2.63. The lowest BCUT2D eigenvalue weighted by molar-refractivity contribution is -0.162. The molecule has 0 radical (unpaired) electrons. The third kappa shape index (κ3) is 2.60. The molecule has 1 N–H and O–H groups in total. The van der Waals surface area contributed by atoms with Crippen LogP contribution in [0.5, 0.6) is 0 Å². The minimum absolute atomic E-state index is 0.0160. The number of hydrogen-bond acceptors (Lipinski definition) is 5. The first-order valence-electron chi connectivity index (χ1n) is 12.2. The van der Waals surface area contributed by atoms with Gasteiger partial charge in [0.1, 0.15) is 12.2 Å². The van der Waals surface area contributed by atoms with Gasteiger partial charge >= 0.3 is 12.1 Å². The van der Waals surface area contributed by atoms with Gasteiger partial charge in [-0.1, -0.05) is 62.4 Å². The minimum atomic E-state index is -0.898. The summed E-state index contributed by atoms with van der Waals surface area (Å²) in [5.74, 6) is -0.0341. The summed E-state index contributed by atoms with van der Waals surface area (Å²) < 4.78 is 17.3. The Morgan fingerprint density at radius 2 is 1.74 bits per heavy atom. The van der Waals surface area contributed by atoms with E-state index in [1.165, 1.54) is 18.2 Å². The fraction of sp³-hybridized carbons (Fsp3) is 0.500. The van der Waals surface area contributed by atoms with Crippen molar-refractivity contribution in [1.29, 1.82) is 0 Å². The second-order valence-corrected chi connectivity index (χ2v) is 10.8. The molecule has 6 nitrogen and oxygen atoms in total. The predicted octanol–water partition coefficient (Wildman–Crippen LogP) is 4.66. The molecule has 3 aliphatic carbocycles. The quantitative estimate of drug-likeness (QED) is 0.656. The number of amides is 1. The molecule has 178 valence electrons. The Morgan fingerprint density at radius 3 is 2.32 bits per heavy atom. The Bertz CT molecular complexity index is 1130. The summed E-state index contributed by atoms with van der Waals surface area (Å²) in [4.78, 5) is 26.0. The van der Waals surface area contributed by atoms with Crippen LogP contribution in [0, 0.1) is 16.7 Å². The molecule has 0 spiro atoms. The van der Waals surface area contributed by atoms with Crippen molar-refractivity contribution in [1.82, 2.24) is 5.32 Å². The molecule has 1 aliphatic heterocycles. The van der Waals surface area contributed by atoms with E-state index in [9.17, 15) is 9.59 Å². The zero-order chi connectivity index (χ0) is 23.7. The number of carbonyl (C=O) groups excluding carboxylic acids is 2. The molecule has 1 saturated heterocycles. The minimum Gasteiger partial charge on any atom is -0.467 e. The molecule has 34 heavy (non-hydrogen) atoms. The summed E-state index contributed by atoms with van der Waals surface area (Å²) in [6.07, 6.45) is 2.25. The van der Waals surface area contributed by atoms with E-state index in [0.717, 1.165) is 30.4 Å². The number of benzene rings is 2. The average molecular weight is 462 g/mol. The van der Waals surface area contributed by atoms with Crippen molar-refractivity contribution < 1.29 is 23.8 Å². The van der Waals surface area contributed by atoms with E-state index in [2.05, 4.69) is 43.4 Å². The Hall–Kier alpha value is -2.86. The zero-order valence-corrected chi connectivity index (χ0v) is 19.9. The van der Waals surface area contributed by atoms with Crippen LogP contribution in [0.15, 0.2) is 48.5 Å². The van der Waals surface area contributed by atoms with E-state index in [4.69, 9.17) is 14.2 Å². The van der Waals surface area contributed by atoms with Gasteiger partial charge in [0, 0.05) is 16.7 Å². The molecule has 2 saturated carbocycles. The van der Waals surface area contributed by atoms with Crippen molar-refractivity contribution in [2.75, 3.05) is 20.3 Å². The van der Waals surface area contributed by atoms with Crippen molar-refractivity contribution >= 4 is 12.1 Å². The highest BCUT2D eigenvalue weighted by atomic mass is 16.6. The smallest absolute Gasteiger partial charge is 0.407 e. The second kappa shape index (κ2) is 7.32. The Labute approximate surface area is 200 Å². The Balaban J connectivity index is 1.23. The maximum atomic E-state index is 13.1. The monoisotopic (exact) mass is 461 g/mol. The summed E-state index contributed by atoms with van der Waals surface area (Å²) in [5.41, 5.74) is 3.70. The number of rotatable bonds is 5. The number of ether oxygens (including phenoxy) is 3. The second-order valence-electron chi connectivity index (χ2n) is 10.8. The van der Waals surface area contributed by atoms with Crippen LogP contribution >= 0.6 is 0 Å². The largest absolute Gasteiger partial charge is 0.467 e. The normalized spacial score (nSPS) is 33.3. The summed E-state index contributed by atoms with van der Waals surface area (Å²) in [6.45, 7) is 5.27. The first kappa shape index (κ1) is 21.7. The molecule has 4 aliphatic rings. The number of esters is 1. The van der Waals surface area contributed by atoms with Gasteiger partial charge in [0.2, 0.25) is 0 Å². The zero-order valence-electron chi connectivity index (χ0n) is 19.9. The highest BCUT2D eigenvalue weighted by Crippen LogP contribution is 2.75. The average Bonchev–Trinajstić information content (AvgIpc) is 3.46. The maximum Gasteiger partial charge on any atom is 0.407 e. The summed E-state index contributed by atoms with van der Waals surface area (Å²) >= 11 is 0. The van der Waals surface area contributed by atoms with Crippen molar-refractivity contribution in [3.8, 4) is 11.1 Å². The van der Waals surface area contributed by atoms with Crippen LogP contribution in [0.4, 0.5) is 4.79 Å². The first-order chi connectivity index (χ1) is 16.3. The third-order valence-corrected chi connectivity index (χ3v) is 9.78. The van der Waals surface area contributed by atoms with Crippen molar-refractivity contribution in [2.24, 2.45) is 16.7 Å². The Morgan fingerprint density at radius 1 is 1.09 bits per heavy atom. The van der Waals surface area contributed by atoms with Crippen LogP contribution < -0.4 is 5.32 Å². The predicted molar refractivity (Wildman–Crippen MR) is 126 cm³/mol.